The quantitative estimate of drug-likeness (QED) is 0.934. The molecule has 0 unspecified atom stereocenters. The van der Waals surface area contributed by atoms with Gasteiger partial charge in [-0.1, -0.05) is 29.8 Å². The molecule has 2 heterocycles. The molecule has 0 saturated carbocycles. The van der Waals surface area contributed by atoms with Crippen molar-refractivity contribution in [2.24, 2.45) is 0 Å². The van der Waals surface area contributed by atoms with Gasteiger partial charge in [0.05, 0.1) is 18.9 Å². The van der Waals surface area contributed by atoms with E-state index >= 15 is 0 Å². The van der Waals surface area contributed by atoms with E-state index in [2.05, 4.69) is 9.97 Å². The molecule has 0 radical (unpaired) electrons. The van der Waals surface area contributed by atoms with Crippen molar-refractivity contribution in [2.45, 2.75) is 6.92 Å². The molecule has 1 aromatic carbocycles. The molecule has 6 nitrogen and oxygen atoms in total. The van der Waals surface area contributed by atoms with Gasteiger partial charge in [-0.15, -0.1) is 0 Å². The van der Waals surface area contributed by atoms with Crippen molar-refractivity contribution in [1.29, 1.82) is 0 Å². The number of carbonyl (C=O) groups is 1. The van der Waals surface area contributed by atoms with Gasteiger partial charge in [0.15, 0.2) is 0 Å². The number of carboxylic acids is 1. The monoisotopic (exact) mass is 299 g/mol. The molecule has 0 bridgehead atoms. The average molecular weight is 299 g/mol. The minimum Gasteiger partial charge on any atom is -0.478 e. The van der Waals surface area contributed by atoms with Crippen LogP contribution in [0.25, 0.3) is 11.3 Å². The lowest BCUT2D eigenvalue weighted by Gasteiger charge is -2.27. The first-order valence-electron chi connectivity index (χ1n) is 7.15. The normalized spacial score (nSPS) is 14.9. The molecular formula is C16H17N3O3. The first-order chi connectivity index (χ1) is 10.6. The molecule has 0 aliphatic carbocycles. The molecule has 1 fully saturated rings. The van der Waals surface area contributed by atoms with Crippen LogP contribution in [0.15, 0.2) is 30.5 Å². The minimum absolute atomic E-state index is 0.112. The Balaban J connectivity index is 2.04. The highest BCUT2D eigenvalue weighted by molar-refractivity contribution is 5.94. The number of anilines is 1. The summed E-state index contributed by atoms with van der Waals surface area (Å²) in [6.07, 6.45) is 1.38. The largest absolute Gasteiger partial charge is 0.478 e. The third-order valence-electron chi connectivity index (χ3n) is 3.63. The molecule has 6 heteroatoms. The molecule has 1 saturated heterocycles. The van der Waals surface area contributed by atoms with E-state index in [1.807, 2.05) is 36.1 Å². The highest BCUT2D eigenvalue weighted by Gasteiger charge is 2.19. The molecular weight excluding hydrogens is 282 g/mol. The number of aromatic nitrogens is 2. The van der Waals surface area contributed by atoms with Gasteiger partial charge in [-0.05, 0) is 6.92 Å². The summed E-state index contributed by atoms with van der Waals surface area (Å²) in [7, 11) is 0. The number of rotatable bonds is 3. The topological polar surface area (TPSA) is 75.5 Å². The molecule has 2 aromatic rings. The first-order valence-corrected chi connectivity index (χ1v) is 7.15. The second kappa shape index (κ2) is 6.11. The number of nitrogens with zero attached hydrogens (tertiary/aromatic N) is 3. The van der Waals surface area contributed by atoms with Crippen LogP contribution in [0.1, 0.15) is 15.9 Å². The fraction of sp³-hybridized carbons (Fsp3) is 0.312. The molecule has 1 aliphatic rings. The summed E-state index contributed by atoms with van der Waals surface area (Å²) in [5, 5.41) is 9.37. The van der Waals surface area contributed by atoms with Crippen LogP contribution >= 0.6 is 0 Å². The van der Waals surface area contributed by atoms with Crippen molar-refractivity contribution in [3.63, 3.8) is 0 Å². The van der Waals surface area contributed by atoms with Gasteiger partial charge in [-0.2, -0.15) is 0 Å². The lowest BCUT2D eigenvalue weighted by atomic mass is 10.1. The van der Waals surface area contributed by atoms with E-state index in [9.17, 15) is 9.90 Å². The van der Waals surface area contributed by atoms with E-state index in [0.29, 0.717) is 37.9 Å². The molecule has 3 rings (SSSR count). The summed E-state index contributed by atoms with van der Waals surface area (Å²) in [6, 6.07) is 7.65. The maximum atomic E-state index is 11.4. The Hall–Kier alpha value is -2.47. The molecule has 0 atom stereocenters. The lowest BCUT2D eigenvalue weighted by molar-refractivity contribution is 0.0697. The second-order valence-electron chi connectivity index (χ2n) is 5.20. The van der Waals surface area contributed by atoms with Crippen molar-refractivity contribution in [2.75, 3.05) is 31.2 Å². The van der Waals surface area contributed by atoms with E-state index < -0.39 is 5.97 Å². The summed E-state index contributed by atoms with van der Waals surface area (Å²) in [4.78, 5) is 22.1. The van der Waals surface area contributed by atoms with Crippen LogP contribution in [0.3, 0.4) is 0 Å². The molecule has 1 N–H and O–H groups in total. The molecule has 0 spiro atoms. The number of hydrogen-bond acceptors (Lipinski definition) is 5. The van der Waals surface area contributed by atoms with E-state index in [-0.39, 0.29) is 5.56 Å². The Kier molecular flexibility index (Phi) is 4.02. The van der Waals surface area contributed by atoms with Gasteiger partial charge in [-0.3, -0.25) is 0 Å². The zero-order valence-electron chi connectivity index (χ0n) is 12.3. The number of carboxylic acid groups (broad SMARTS) is 1. The predicted molar refractivity (Wildman–Crippen MR) is 82.2 cm³/mol. The van der Waals surface area contributed by atoms with Gasteiger partial charge < -0.3 is 14.7 Å². The van der Waals surface area contributed by atoms with Gasteiger partial charge in [0.25, 0.3) is 0 Å². The fourth-order valence-corrected chi connectivity index (χ4v) is 2.38. The van der Waals surface area contributed by atoms with Gasteiger partial charge in [0.1, 0.15) is 5.56 Å². The number of benzene rings is 1. The zero-order chi connectivity index (χ0) is 15.5. The predicted octanol–water partition coefficient (Wildman–Crippen LogP) is 1.99. The van der Waals surface area contributed by atoms with Gasteiger partial charge in [-0.25, -0.2) is 14.8 Å². The van der Waals surface area contributed by atoms with E-state index in [1.165, 1.54) is 6.20 Å². The summed E-state index contributed by atoms with van der Waals surface area (Å²) in [5.41, 5.74) is 2.45. The SMILES string of the molecule is Cc1ccc(-c2nc(N3CCOCC3)ncc2C(=O)O)cc1. The van der Waals surface area contributed by atoms with Crippen molar-refractivity contribution in [3.8, 4) is 11.3 Å². The standard InChI is InChI=1S/C16H17N3O3/c1-11-2-4-12(5-3-11)14-13(15(20)21)10-17-16(18-14)19-6-8-22-9-7-19/h2-5,10H,6-9H2,1H3,(H,20,21). The Morgan fingerprint density at radius 2 is 1.91 bits per heavy atom. The number of ether oxygens (including phenoxy) is 1. The van der Waals surface area contributed by atoms with Gasteiger partial charge in [0, 0.05) is 24.8 Å². The van der Waals surface area contributed by atoms with Crippen molar-refractivity contribution < 1.29 is 14.6 Å². The minimum atomic E-state index is -1.02. The highest BCUT2D eigenvalue weighted by atomic mass is 16.5. The van der Waals surface area contributed by atoms with Crippen molar-refractivity contribution >= 4 is 11.9 Å². The zero-order valence-corrected chi connectivity index (χ0v) is 12.3. The number of aromatic carboxylic acids is 1. The summed E-state index contributed by atoms with van der Waals surface area (Å²) in [6.45, 7) is 4.66. The number of morpholine rings is 1. The maximum absolute atomic E-state index is 11.4. The first kappa shape index (κ1) is 14.5. The molecule has 0 amide bonds. The Morgan fingerprint density at radius 3 is 2.55 bits per heavy atom. The Morgan fingerprint density at radius 1 is 1.23 bits per heavy atom. The third-order valence-corrected chi connectivity index (χ3v) is 3.63. The summed E-state index contributed by atoms with van der Waals surface area (Å²) >= 11 is 0. The lowest BCUT2D eigenvalue weighted by Crippen LogP contribution is -2.37. The van der Waals surface area contributed by atoms with Crippen LogP contribution in [0.5, 0.6) is 0 Å². The third kappa shape index (κ3) is 2.92. The van der Waals surface area contributed by atoms with Crippen LogP contribution in [0.2, 0.25) is 0 Å². The molecule has 1 aliphatic heterocycles. The van der Waals surface area contributed by atoms with Crippen LogP contribution < -0.4 is 4.90 Å². The van der Waals surface area contributed by atoms with Gasteiger partial charge in [0.2, 0.25) is 5.95 Å². The van der Waals surface area contributed by atoms with E-state index in [1.54, 1.807) is 0 Å². The summed E-state index contributed by atoms with van der Waals surface area (Å²) < 4.78 is 5.32. The van der Waals surface area contributed by atoms with Crippen molar-refractivity contribution in [1.82, 2.24) is 9.97 Å². The van der Waals surface area contributed by atoms with E-state index in [4.69, 9.17) is 4.74 Å². The Labute approximate surface area is 128 Å². The van der Waals surface area contributed by atoms with Crippen LogP contribution in [0, 0.1) is 6.92 Å². The number of hydrogen-bond donors (Lipinski definition) is 1. The van der Waals surface area contributed by atoms with E-state index in [0.717, 1.165) is 11.1 Å². The highest BCUT2D eigenvalue weighted by Crippen LogP contribution is 2.24. The Bertz CT molecular complexity index is 680. The van der Waals surface area contributed by atoms with Crippen LogP contribution in [-0.2, 0) is 4.74 Å². The molecule has 114 valence electrons. The second-order valence-corrected chi connectivity index (χ2v) is 5.20. The van der Waals surface area contributed by atoms with Crippen LogP contribution in [-0.4, -0.2) is 47.3 Å². The van der Waals surface area contributed by atoms with Crippen LogP contribution in [0.4, 0.5) is 5.95 Å². The maximum Gasteiger partial charge on any atom is 0.339 e. The van der Waals surface area contributed by atoms with Gasteiger partial charge >= 0.3 is 5.97 Å². The average Bonchev–Trinajstić information content (AvgIpc) is 2.56. The smallest absolute Gasteiger partial charge is 0.339 e. The van der Waals surface area contributed by atoms with Crippen molar-refractivity contribution in [3.05, 3.63) is 41.6 Å². The summed E-state index contributed by atoms with van der Waals surface area (Å²) in [5.74, 6) is -0.479. The number of aryl methyl sites for hydroxylation is 1. The molecule has 1 aromatic heterocycles. The fourth-order valence-electron chi connectivity index (χ4n) is 2.38. The molecule has 22 heavy (non-hydrogen) atoms.